The molecule has 128 valence electrons. The van der Waals surface area contributed by atoms with Crippen molar-refractivity contribution in [3.63, 3.8) is 0 Å². The number of piperidine rings is 2. The molecule has 5 heteroatoms. The van der Waals surface area contributed by atoms with Crippen LogP contribution in [0.25, 0.3) is 10.9 Å². The molecular weight excluding hydrogens is 322 g/mol. The summed E-state index contributed by atoms with van der Waals surface area (Å²) in [4.78, 5) is 19.3. The lowest BCUT2D eigenvalue weighted by molar-refractivity contribution is -0.131. The summed E-state index contributed by atoms with van der Waals surface area (Å²) in [6.45, 7) is 5.67. The summed E-state index contributed by atoms with van der Waals surface area (Å²) in [6, 6.07) is 6.22. The van der Waals surface area contributed by atoms with Crippen LogP contribution in [0.3, 0.4) is 0 Å². The van der Waals surface area contributed by atoms with Gasteiger partial charge in [0.25, 0.3) is 0 Å². The average Bonchev–Trinajstić information content (AvgIpc) is 3.03. The van der Waals surface area contributed by atoms with E-state index in [1.807, 2.05) is 17.2 Å². The van der Waals surface area contributed by atoms with Gasteiger partial charge in [-0.3, -0.25) is 4.79 Å². The summed E-state index contributed by atoms with van der Waals surface area (Å²) in [6.07, 6.45) is 6.69. The molecule has 2 saturated heterocycles. The monoisotopic (exact) mass is 345 g/mol. The topological polar surface area (TPSA) is 39.3 Å². The minimum Gasteiger partial charge on any atom is -0.371 e. The minimum atomic E-state index is 0.219. The van der Waals surface area contributed by atoms with E-state index in [9.17, 15) is 4.79 Å². The molecule has 0 radical (unpaired) electrons. The molecule has 2 aromatic rings. The van der Waals surface area contributed by atoms with Crippen molar-refractivity contribution in [1.29, 1.82) is 0 Å². The van der Waals surface area contributed by atoms with Crippen LogP contribution in [0, 0.1) is 5.41 Å². The van der Waals surface area contributed by atoms with Gasteiger partial charge in [-0.25, -0.2) is 0 Å². The maximum atomic E-state index is 11.5. The number of rotatable bonds is 1. The maximum Gasteiger partial charge on any atom is 0.219 e. The van der Waals surface area contributed by atoms with Crippen LogP contribution in [0.15, 0.2) is 24.4 Å². The van der Waals surface area contributed by atoms with E-state index in [1.165, 1.54) is 23.9 Å². The van der Waals surface area contributed by atoms with Crippen LogP contribution in [0.4, 0.5) is 5.69 Å². The molecule has 24 heavy (non-hydrogen) atoms. The highest BCUT2D eigenvalue weighted by molar-refractivity contribution is 6.31. The second kappa shape index (κ2) is 5.99. The van der Waals surface area contributed by atoms with Gasteiger partial charge in [-0.1, -0.05) is 11.6 Å². The summed E-state index contributed by atoms with van der Waals surface area (Å²) < 4.78 is 0. The van der Waals surface area contributed by atoms with Crippen molar-refractivity contribution in [3.05, 3.63) is 29.4 Å². The highest BCUT2D eigenvalue weighted by Gasteiger charge is 2.38. The Hall–Kier alpha value is -1.68. The van der Waals surface area contributed by atoms with Crippen LogP contribution in [-0.2, 0) is 4.79 Å². The maximum absolute atomic E-state index is 11.5. The zero-order chi connectivity index (χ0) is 16.7. The summed E-state index contributed by atoms with van der Waals surface area (Å²) in [5.74, 6) is 0.219. The number of carbonyl (C=O) groups is 1. The van der Waals surface area contributed by atoms with Gasteiger partial charge >= 0.3 is 0 Å². The first-order valence-electron chi connectivity index (χ1n) is 8.83. The van der Waals surface area contributed by atoms with Crippen molar-refractivity contribution in [2.45, 2.75) is 32.6 Å². The number of aromatic nitrogens is 1. The number of aromatic amines is 1. The molecule has 1 amide bonds. The van der Waals surface area contributed by atoms with Crippen molar-refractivity contribution in [3.8, 4) is 0 Å². The Labute approximate surface area is 147 Å². The molecular formula is C19H24ClN3O. The largest absolute Gasteiger partial charge is 0.371 e. The number of amides is 1. The van der Waals surface area contributed by atoms with Gasteiger partial charge in [-0.05, 0) is 49.3 Å². The molecule has 0 saturated carbocycles. The SMILES string of the molecule is CC(=O)N1CCC2(CC1)CCN(c1cc(Cl)cc3[nH]ccc13)CC2. The van der Waals surface area contributed by atoms with Crippen molar-refractivity contribution in [2.24, 2.45) is 5.41 Å². The fraction of sp³-hybridized carbons (Fsp3) is 0.526. The molecule has 4 rings (SSSR count). The molecule has 0 unspecified atom stereocenters. The van der Waals surface area contributed by atoms with Crippen LogP contribution in [-0.4, -0.2) is 42.0 Å². The van der Waals surface area contributed by atoms with Gasteiger partial charge in [0.2, 0.25) is 5.91 Å². The van der Waals surface area contributed by atoms with Gasteiger partial charge in [0.15, 0.2) is 0 Å². The van der Waals surface area contributed by atoms with Crippen LogP contribution >= 0.6 is 11.6 Å². The Kier molecular flexibility index (Phi) is 3.95. The first kappa shape index (κ1) is 15.8. The second-order valence-electron chi connectivity index (χ2n) is 7.36. The van der Waals surface area contributed by atoms with E-state index in [1.54, 1.807) is 6.92 Å². The molecule has 4 nitrogen and oxygen atoms in total. The van der Waals surface area contributed by atoms with Gasteiger partial charge in [0, 0.05) is 60.9 Å². The van der Waals surface area contributed by atoms with E-state index in [-0.39, 0.29) is 5.91 Å². The normalized spacial score (nSPS) is 20.8. The van der Waals surface area contributed by atoms with Crippen LogP contribution in [0.1, 0.15) is 32.6 Å². The number of hydrogen-bond acceptors (Lipinski definition) is 2. The second-order valence-corrected chi connectivity index (χ2v) is 7.79. The number of carbonyl (C=O) groups excluding carboxylic acids is 1. The Morgan fingerprint density at radius 1 is 1.12 bits per heavy atom. The standard InChI is InChI=1S/C19H24ClN3O/c1-14(24)22-8-3-19(4-9-22)5-10-23(11-6-19)18-13-15(20)12-17-16(18)2-7-21-17/h2,7,12-13,21H,3-6,8-11H2,1H3. The molecule has 0 bridgehead atoms. The third-order valence-corrected chi connectivity index (χ3v) is 6.26. The molecule has 0 aliphatic carbocycles. The van der Waals surface area contributed by atoms with Crippen LogP contribution < -0.4 is 4.90 Å². The van der Waals surface area contributed by atoms with Gasteiger partial charge < -0.3 is 14.8 Å². The fourth-order valence-electron chi connectivity index (χ4n) is 4.39. The number of anilines is 1. The predicted molar refractivity (Wildman–Crippen MR) is 98.7 cm³/mol. The average molecular weight is 346 g/mol. The molecule has 2 aliphatic rings. The Bertz CT molecular complexity index is 751. The quantitative estimate of drug-likeness (QED) is 0.846. The number of hydrogen-bond donors (Lipinski definition) is 1. The van der Waals surface area contributed by atoms with Gasteiger partial charge in [0.05, 0.1) is 0 Å². The lowest BCUT2D eigenvalue weighted by Gasteiger charge is -2.47. The third kappa shape index (κ3) is 2.77. The van der Waals surface area contributed by atoms with Crippen molar-refractivity contribution in [1.82, 2.24) is 9.88 Å². The lowest BCUT2D eigenvalue weighted by Crippen LogP contribution is -2.47. The van der Waals surface area contributed by atoms with Crippen molar-refractivity contribution >= 4 is 34.1 Å². The summed E-state index contributed by atoms with van der Waals surface area (Å²) in [7, 11) is 0. The smallest absolute Gasteiger partial charge is 0.219 e. The molecule has 1 N–H and O–H groups in total. The molecule has 1 spiro atoms. The van der Waals surface area contributed by atoms with E-state index in [2.05, 4.69) is 22.0 Å². The molecule has 1 aromatic heterocycles. The molecule has 2 fully saturated rings. The highest BCUT2D eigenvalue weighted by atomic mass is 35.5. The third-order valence-electron chi connectivity index (χ3n) is 6.05. The predicted octanol–water partition coefficient (Wildman–Crippen LogP) is 4.05. The van der Waals surface area contributed by atoms with E-state index < -0.39 is 0 Å². The van der Waals surface area contributed by atoms with Gasteiger partial charge in [-0.2, -0.15) is 0 Å². The Morgan fingerprint density at radius 2 is 1.79 bits per heavy atom. The number of benzene rings is 1. The summed E-state index contributed by atoms with van der Waals surface area (Å²) >= 11 is 6.30. The highest BCUT2D eigenvalue weighted by Crippen LogP contribution is 2.43. The Morgan fingerprint density at radius 3 is 2.46 bits per heavy atom. The zero-order valence-electron chi connectivity index (χ0n) is 14.1. The Balaban J connectivity index is 1.48. The van der Waals surface area contributed by atoms with E-state index in [0.717, 1.165) is 49.6 Å². The number of nitrogens with one attached hydrogen (secondary N) is 1. The number of halogens is 1. The van der Waals surface area contributed by atoms with Gasteiger partial charge in [0.1, 0.15) is 0 Å². The van der Waals surface area contributed by atoms with E-state index in [0.29, 0.717) is 5.41 Å². The number of likely N-dealkylation sites (tertiary alicyclic amines) is 1. The molecule has 2 aliphatic heterocycles. The van der Waals surface area contributed by atoms with Gasteiger partial charge in [-0.15, -0.1) is 0 Å². The van der Waals surface area contributed by atoms with Crippen LogP contribution in [0.2, 0.25) is 5.02 Å². The van der Waals surface area contributed by atoms with E-state index in [4.69, 9.17) is 11.6 Å². The molecule has 0 atom stereocenters. The fourth-order valence-corrected chi connectivity index (χ4v) is 4.61. The first-order chi connectivity index (χ1) is 11.6. The lowest BCUT2D eigenvalue weighted by atomic mass is 9.71. The minimum absolute atomic E-state index is 0.219. The zero-order valence-corrected chi connectivity index (χ0v) is 14.9. The first-order valence-corrected chi connectivity index (χ1v) is 9.21. The van der Waals surface area contributed by atoms with Crippen molar-refractivity contribution in [2.75, 3.05) is 31.1 Å². The molecule has 3 heterocycles. The summed E-state index contributed by atoms with van der Waals surface area (Å²) in [5, 5.41) is 2.04. The number of H-pyrrole nitrogens is 1. The summed E-state index contributed by atoms with van der Waals surface area (Å²) in [5.41, 5.74) is 2.78. The van der Waals surface area contributed by atoms with E-state index >= 15 is 0 Å². The number of fused-ring (bicyclic) bond motifs is 1. The van der Waals surface area contributed by atoms with Crippen molar-refractivity contribution < 1.29 is 4.79 Å². The number of nitrogens with zero attached hydrogens (tertiary/aromatic N) is 2. The molecule has 1 aromatic carbocycles. The van der Waals surface area contributed by atoms with Crippen LogP contribution in [0.5, 0.6) is 0 Å².